The first kappa shape index (κ1) is 18.4. The third kappa shape index (κ3) is 6.32. The Balaban J connectivity index is 2.64. The standard InChI is InChI=1S/C16H28O4S/c1-5-16(12-7-13(3)4)21(17,18)20-15-10-8-14(9-11-15)19-6-2/h7,12,14-15H,5-6,8-11H2,1-4H3/b16-12+/t14-,15+. The van der Waals surface area contributed by atoms with E-state index in [-0.39, 0.29) is 12.2 Å². The van der Waals surface area contributed by atoms with Gasteiger partial charge in [0.25, 0.3) is 10.1 Å². The maximum atomic E-state index is 12.3. The van der Waals surface area contributed by atoms with Crippen molar-refractivity contribution in [2.75, 3.05) is 6.61 Å². The van der Waals surface area contributed by atoms with Gasteiger partial charge in [-0.1, -0.05) is 18.6 Å². The molecule has 122 valence electrons. The van der Waals surface area contributed by atoms with Crippen molar-refractivity contribution in [2.45, 2.75) is 72.0 Å². The first-order valence-corrected chi connectivity index (χ1v) is 9.18. The van der Waals surface area contributed by atoms with Crippen LogP contribution in [0.25, 0.3) is 0 Å². The first-order valence-electron chi connectivity index (χ1n) is 7.78. The third-order valence-electron chi connectivity index (χ3n) is 3.56. The average molecular weight is 316 g/mol. The number of hydrogen-bond acceptors (Lipinski definition) is 4. The van der Waals surface area contributed by atoms with Crippen molar-refractivity contribution >= 4 is 10.1 Å². The predicted octanol–water partition coefficient (Wildman–Crippen LogP) is 3.94. The van der Waals surface area contributed by atoms with Crippen LogP contribution in [0, 0.1) is 0 Å². The summed E-state index contributed by atoms with van der Waals surface area (Å²) in [5.74, 6) is 0. The van der Waals surface area contributed by atoms with E-state index in [9.17, 15) is 8.42 Å². The molecule has 0 radical (unpaired) electrons. The fraction of sp³-hybridized carbons (Fsp3) is 0.750. The van der Waals surface area contributed by atoms with Crippen molar-refractivity contribution in [1.82, 2.24) is 0 Å². The summed E-state index contributed by atoms with van der Waals surface area (Å²) in [6.45, 7) is 8.39. The molecule has 0 atom stereocenters. The maximum absolute atomic E-state index is 12.3. The number of rotatable bonds is 7. The Hall–Kier alpha value is -0.650. The van der Waals surface area contributed by atoms with Crippen LogP contribution in [0.1, 0.15) is 59.8 Å². The van der Waals surface area contributed by atoms with E-state index >= 15 is 0 Å². The number of allylic oxidation sites excluding steroid dienone is 4. The van der Waals surface area contributed by atoms with Crippen LogP contribution in [0.5, 0.6) is 0 Å². The van der Waals surface area contributed by atoms with Crippen LogP contribution in [-0.2, 0) is 19.0 Å². The lowest BCUT2D eigenvalue weighted by atomic mass is 9.95. The molecule has 0 N–H and O–H groups in total. The zero-order valence-electron chi connectivity index (χ0n) is 13.6. The lowest BCUT2D eigenvalue weighted by molar-refractivity contribution is 0.0103. The highest BCUT2D eigenvalue weighted by molar-refractivity contribution is 7.90. The highest BCUT2D eigenvalue weighted by Crippen LogP contribution is 2.27. The zero-order chi connectivity index (χ0) is 15.9. The van der Waals surface area contributed by atoms with Crippen LogP contribution < -0.4 is 0 Å². The van der Waals surface area contributed by atoms with E-state index in [2.05, 4.69) is 0 Å². The van der Waals surface area contributed by atoms with E-state index < -0.39 is 10.1 Å². The largest absolute Gasteiger partial charge is 0.379 e. The third-order valence-corrected chi connectivity index (χ3v) is 5.15. The normalized spacial score (nSPS) is 23.9. The average Bonchev–Trinajstić information content (AvgIpc) is 2.41. The molecular weight excluding hydrogens is 288 g/mol. The molecule has 0 spiro atoms. The Kier molecular flexibility index (Phi) is 7.63. The summed E-state index contributed by atoms with van der Waals surface area (Å²) in [6.07, 6.45) is 7.16. The molecule has 0 unspecified atom stereocenters. The van der Waals surface area contributed by atoms with Gasteiger partial charge in [0.2, 0.25) is 0 Å². The Morgan fingerprint density at radius 1 is 1.05 bits per heavy atom. The van der Waals surface area contributed by atoms with Gasteiger partial charge in [0.15, 0.2) is 0 Å². The van der Waals surface area contributed by atoms with Gasteiger partial charge in [-0.25, -0.2) is 0 Å². The van der Waals surface area contributed by atoms with Crippen molar-refractivity contribution < 1.29 is 17.3 Å². The van der Waals surface area contributed by atoms with Crippen LogP contribution in [-0.4, -0.2) is 27.2 Å². The van der Waals surface area contributed by atoms with Crippen molar-refractivity contribution in [3.8, 4) is 0 Å². The quantitative estimate of drug-likeness (QED) is 0.527. The van der Waals surface area contributed by atoms with Gasteiger partial charge in [-0.05, 0) is 59.0 Å². The summed E-state index contributed by atoms with van der Waals surface area (Å²) in [5.41, 5.74) is 1.06. The summed E-state index contributed by atoms with van der Waals surface area (Å²) in [6, 6.07) is 0. The van der Waals surface area contributed by atoms with Gasteiger partial charge < -0.3 is 4.74 Å². The molecule has 0 saturated heterocycles. The summed E-state index contributed by atoms with van der Waals surface area (Å²) in [5, 5.41) is 0. The highest BCUT2D eigenvalue weighted by Gasteiger charge is 2.27. The highest BCUT2D eigenvalue weighted by atomic mass is 32.2. The summed E-state index contributed by atoms with van der Waals surface area (Å²) in [7, 11) is -3.62. The molecule has 4 nitrogen and oxygen atoms in total. The topological polar surface area (TPSA) is 52.6 Å². The van der Waals surface area contributed by atoms with E-state index in [1.54, 1.807) is 6.08 Å². The van der Waals surface area contributed by atoms with Gasteiger partial charge in [0.1, 0.15) is 0 Å². The molecule has 1 aliphatic rings. The second-order valence-electron chi connectivity index (χ2n) is 5.63. The molecule has 1 fully saturated rings. The van der Waals surface area contributed by atoms with E-state index in [1.165, 1.54) is 0 Å². The second-order valence-corrected chi connectivity index (χ2v) is 7.26. The smallest absolute Gasteiger partial charge is 0.293 e. The van der Waals surface area contributed by atoms with Crippen LogP contribution in [0.4, 0.5) is 0 Å². The van der Waals surface area contributed by atoms with Crippen molar-refractivity contribution in [3.05, 3.63) is 22.6 Å². The molecule has 21 heavy (non-hydrogen) atoms. The summed E-state index contributed by atoms with van der Waals surface area (Å²) in [4.78, 5) is 0.343. The Labute approximate surface area is 129 Å². The lowest BCUT2D eigenvalue weighted by Gasteiger charge is -2.28. The van der Waals surface area contributed by atoms with Gasteiger partial charge in [-0.3, -0.25) is 4.18 Å². The molecule has 1 saturated carbocycles. The Morgan fingerprint density at radius 3 is 2.10 bits per heavy atom. The Bertz CT molecular complexity index is 465. The zero-order valence-corrected chi connectivity index (χ0v) is 14.4. The Morgan fingerprint density at radius 2 is 1.62 bits per heavy atom. The van der Waals surface area contributed by atoms with Crippen molar-refractivity contribution in [2.24, 2.45) is 0 Å². The SMILES string of the molecule is CCO[C@H]1CC[C@@H](OS(=O)(=O)/C(=C/C=C(C)C)CC)CC1. The fourth-order valence-electron chi connectivity index (χ4n) is 2.41. The monoisotopic (exact) mass is 316 g/mol. The first-order chi connectivity index (χ1) is 9.89. The molecule has 0 aromatic rings. The molecule has 0 aromatic heterocycles. The van der Waals surface area contributed by atoms with Crippen molar-refractivity contribution in [1.29, 1.82) is 0 Å². The predicted molar refractivity (Wildman–Crippen MR) is 85.5 cm³/mol. The van der Waals surface area contributed by atoms with Gasteiger partial charge >= 0.3 is 0 Å². The molecule has 0 aromatic carbocycles. The van der Waals surface area contributed by atoms with E-state index in [0.29, 0.717) is 17.9 Å². The molecule has 0 aliphatic heterocycles. The minimum Gasteiger partial charge on any atom is -0.379 e. The van der Waals surface area contributed by atoms with E-state index in [4.69, 9.17) is 8.92 Å². The minimum atomic E-state index is -3.62. The summed E-state index contributed by atoms with van der Waals surface area (Å²) < 4.78 is 35.6. The molecule has 0 bridgehead atoms. The molecular formula is C16H28O4S. The molecule has 1 rings (SSSR count). The summed E-state index contributed by atoms with van der Waals surface area (Å²) >= 11 is 0. The van der Waals surface area contributed by atoms with Crippen LogP contribution in [0.2, 0.25) is 0 Å². The lowest BCUT2D eigenvalue weighted by Crippen LogP contribution is -2.28. The molecule has 0 heterocycles. The minimum absolute atomic E-state index is 0.214. The van der Waals surface area contributed by atoms with E-state index in [1.807, 2.05) is 33.8 Å². The molecule has 0 amide bonds. The second kappa shape index (κ2) is 8.71. The van der Waals surface area contributed by atoms with E-state index in [0.717, 1.165) is 31.3 Å². The molecule has 5 heteroatoms. The van der Waals surface area contributed by atoms with Crippen LogP contribution >= 0.6 is 0 Å². The van der Waals surface area contributed by atoms with Gasteiger partial charge in [-0.2, -0.15) is 8.42 Å². The van der Waals surface area contributed by atoms with Crippen molar-refractivity contribution in [3.63, 3.8) is 0 Å². The number of hydrogen-bond donors (Lipinski definition) is 0. The van der Waals surface area contributed by atoms with Gasteiger partial charge in [-0.15, -0.1) is 0 Å². The van der Waals surface area contributed by atoms with Gasteiger partial charge in [0, 0.05) is 6.61 Å². The molecule has 1 aliphatic carbocycles. The number of ether oxygens (including phenoxy) is 1. The maximum Gasteiger partial charge on any atom is 0.293 e. The van der Waals surface area contributed by atoms with Crippen LogP contribution in [0.15, 0.2) is 22.6 Å². The van der Waals surface area contributed by atoms with Crippen LogP contribution in [0.3, 0.4) is 0 Å². The van der Waals surface area contributed by atoms with Gasteiger partial charge in [0.05, 0.1) is 17.1 Å². The fourth-order valence-corrected chi connectivity index (χ4v) is 3.67.